The lowest BCUT2D eigenvalue weighted by Crippen LogP contribution is -2.20. The maximum atomic E-state index is 11.9. The zero-order chi connectivity index (χ0) is 16.8. The number of ether oxygens (including phenoxy) is 2. The van der Waals surface area contributed by atoms with Crippen LogP contribution in [0.3, 0.4) is 0 Å². The number of amides is 1. The molecule has 0 aliphatic rings. The molecule has 0 radical (unpaired) electrons. The Morgan fingerprint density at radius 3 is 2.43 bits per heavy atom. The average molecular weight is 354 g/mol. The number of benzene rings is 2. The van der Waals surface area contributed by atoms with Gasteiger partial charge in [0.2, 0.25) is 0 Å². The fourth-order valence-electron chi connectivity index (χ4n) is 1.78. The molecule has 2 aromatic carbocycles. The third-order valence-electron chi connectivity index (χ3n) is 2.79. The number of nitrogens with one attached hydrogen (secondary N) is 1. The topological polar surface area (TPSA) is 64.6 Å². The van der Waals surface area contributed by atoms with E-state index in [1.165, 1.54) is 25.3 Å². The Kier molecular flexibility index (Phi) is 5.84. The van der Waals surface area contributed by atoms with Gasteiger partial charge in [-0.25, -0.2) is 4.79 Å². The number of hydrogen-bond acceptors (Lipinski definition) is 4. The van der Waals surface area contributed by atoms with Crippen LogP contribution in [0.15, 0.2) is 42.5 Å². The second-order valence-corrected chi connectivity index (χ2v) is 5.39. The predicted molar refractivity (Wildman–Crippen MR) is 88.4 cm³/mol. The highest BCUT2D eigenvalue weighted by Gasteiger charge is 2.12. The lowest BCUT2D eigenvalue weighted by atomic mass is 10.2. The number of anilines is 1. The van der Waals surface area contributed by atoms with Gasteiger partial charge in [0.25, 0.3) is 5.91 Å². The van der Waals surface area contributed by atoms with Crippen LogP contribution < -0.4 is 10.1 Å². The largest absolute Gasteiger partial charge is 0.497 e. The minimum absolute atomic E-state index is 0.177. The summed E-state index contributed by atoms with van der Waals surface area (Å²) in [5.74, 6) is -0.553. The van der Waals surface area contributed by atoms with E-state index in [0.717, 1.165) is 0 Å². The van der Waals surface area contributed by atoms with Gasteiger partial charge >= 0.3 is 5.97 Å². The summed E-state index contributed by atoms with van der Waals surface area (Å²) >= 11 is 11.6. The summed E-state index contributed by atoms with van der Waals surface area (Å²) in [6, 6.07) is 11.1. The number of carbonyl (C=O) groups is 2. The van der Waals surface area contributed by atoms with Gasteiger partial charge in [-0.3, -0.25) is 4.79 Å². The maximum Gasteiger partial charge on any atom is 0.338 e. The summed E-state index contributed by atoms with van der Waals surface area (Å²) in [6.45, 7) is -0.430. The third-order valence-corrected chi connectivity index (χ3v) is 3.22. The second-order valence-electron chi connectivity index (χ2n) is 4.51. The summed E-state index contributed by atoms with van der Waals surface area (Å²) in [5.41, 5.74) is 0.716. The summed E-state index contributed by atoms with van der Waals surface area (Å²) in [6.07, 6.45) is 0. The highest BCUT2D eigenvalue weighted by Crippen LogP contribution is 2.20. The molecule has 2 rings (SSSR count). The fraction of sp³-hybridized carbons (Fsp3) is 0.125. The third kappa shape index (κ3) is 5.16. The van der Waals surface area contributed by atoms with Crippen molar-refractivity contribution in [1.29, 1.82) is 0 Å². The molecule has 5 nitrogen and oxygen atoms in total. The van der Waals surface area contributed by atoms with Crippen LogP contribution in [0.2, 0.25) is 10.0 Å². The van der Waals surface area contributed by atoms with E-state index in [1.807, 2.05) is 0 Å². The Morgan fingerprint density at radius 1 is 1.09 bits per heavy atom. The molecule has 0 fully saturated rings. The first-order valence-electron chi connectivity index (χ1n) is 6.55. The number of carbonyl (C=O) groups excluding carboxylic acids is 2. The van der Waals surface area contributed by atoms with Gasteiger partial charge in [-0.15, -0.1) is 0 Å². The summed E-state index contributed by atoms with van der Waals surface area (Å²) in [7, 11) is 1.53. The number of methoxy groups -OCH3 is 1. The fourth-order valence-corrected chi connectivity index (χ4v) is 2.31. The first-order chi connectivity index (χ1) is 11.0. The molecule has 0 aromatic heterocycles. The SMILES string of the molecule is COc1cccc(NC(=O)COC(=O)c2cc(Cl)cc(Cl)c2)c1. The van der Waals surface area contributed by atoms with Crippen molar-refractivity contribution in [1.82, 2.24) is 0 Å². The van der Waals surface area contributed by atoms with Crippen molar-refractivity contribution in [3.8, 4) is 5.75 Å². The molecule has 0 bridgehead atoms. The monoisotopic (exact) mass is 353 g/mol. The molecule has 0 aliphatic heterocycles. The second kappa shape index (κ2) is 7.85. The summed E-state index contributed by atoms with van der Waals surface area (Å²) < 4.78 is 9.98. The standard InChI is InChI=1S/C16H13Cl2NO4/c1-22-14-4-2-3-13(8-14)19-15(20)9-23-16(21)10-5-11(17)7-12(18)6-10/h2-8H,9H2,1H3,(H,19,20). The molecule has 120 valence electrons. The van der Waals surface area contributed by atoms with Crippen LogP contribution in [-0.4, -0.2) is 25.6 Å². The van der Waals surface area contributed by atoms with Crippen molar-refractivity contribution in [3.63, 3.8) is 0 Å². The zero-order valence-corrected chi connectivity index (χ0v) is 13.6. The number of halogens is 2. The predicted octanol–water partition coefficient (Wildman–Crippen LogP) is 3.80. The van der Waals surface area contributed by atoms with Gasteiger partial charge < -0.3 is 14.8 Å². The first-order valence-corrected chi connectivity index (χ1v) is 7.30. The smallest absolute Gasteiger partial charge is 0.338 e. The van der Waals surface area contributed by atoms with Crippen molar-refractivity contribution in [2.24, 2.45) is 0 Å². The van der Waals surface area contributed by atoms with Crippen molar-refractivity contribution >= 4 is 40.8 Å². The van der Waals surface area contributed by atoms with Crippen molar-refractivity contribution in [3.05, 3.63) is 58.1 Å². The van der Waals surface area contributed by atoms with E-state index >= 15 is 0 Å². The van der Waals surface area contributed by atoms with Crippen molar-refractivity contribution in [2.75, 3.05) is 19.0 Å². The van der Waals surface area contributed by atoms with Crippen LogP contribution in [0.1, 0.15) is 10.4 Å². The van der Waals surface area contributed by atoms with Gasteiger partial charge in [0, 0.05) is 21.8 Å². The van der Waals surface area contributed by atoms with E-state index in [-0.39, 0.29) is 5.56 Å². The molecule has 0 heterocycles. The van der Waals surface area contributed by atoms with Crippen LogP contribution in [0, 0.1) is 0 Å². The van der Waals surface area contributed by atoms with E-state index in [1.54, 1.807) is 24.3 Å². The molecule has 1 N–H and O–H groups in total. The van der Waals surface area contributed by atoms with Gasteiger partial charge in [0.15, 0.2) is 6.61 Å². The Bertz CT molecular complexity index is 714. The van der Waals surface area contributed by atoms with Crippen LogP contribution in [0.4, 0.5) is 5.69 Å². The highest BCUT2D eigenvalue weighted by atomic mass is 35.5. The lowest BCUT2D eigenvalue weighted by Gasteiger charge is -2.08. The van der Waals surface area contributed by atoms with Crippen LogP contribution in [0.5, 0.6) is 5.75 Å². The van der Waals surface area contributed by atoms with E-state index in [4.69, 9.17) is 32.7 Å². The Labute approximate surface area is 143 Å². The van der Waals surface area contributed by atoms with E-state index in [2.05, 4.69) is 5.32 Å². The van der Waals surface area contributed by atoms with Crippen LogP contribution >= 0.6 is 23.2 Å². The molecular weight excluding hydrogens is 341 g/mol. The molecule has 1 amide bonds. The molecule has 0 aliphatic carbocycles. The Balaban J connectivity index is 1.92. The number of esters is 1. The number of rotatable bonds is 5. The summed E-state index contributed by atoms with van der Waals surface area (Å²) in [5, 5.41) is 3.22. The maximum absolute atomic E-state index is 11.9. The van der Waals surface area contributed by atoms with E-state index < -0.39 is 18.5 Å². The lowest BCUT2D eigenvalue weighted by molar-refractivity contribution is -0.119. The molecule has 7 heteroatoms. The van der Waals surface area contributed by atoms with Gasteiger partial charge in [-0.1, -0.05) is 29.3 Å². The Hall–Kier alpha value is -2.24. The first kappa shape index (κ1) is 17.1. The number of hydrogen-bond donors (Lipinski definition) is 1. The van der Waals surface area contributed by atoms with Gasteiger partial charge in [0.1, 0.15) is 5.75 Å². The van der Waals surface area contributed by atoms with Gasteiger partial charge in [0.05, 0.1) is 12.7 Å². The molecule has 0 spiro atoms. The zero-order valence-electron chi connectivity index (χ0n) is 12.1. The average Bonchev–Trinajstić information content (AvgIpc) is 2.51. The molecule has 0 atom stereocenters. The normalized spacial score (nSPS) is 10.0. The van der Waals surface area contributed by atoms with Gasteiger partial charge in [-0.2, -0.15) is 0 Å². The van der Waals surface area contributed by atoms with Crippen molar-refractivity contribution < 1.29 is 19.1 Å². The van der Waals surface area contributed by atoms with E-state index in [9.17, 15) is 9.59 Å². The minimum atomic E-state index is -0.685. The highest BCUT2D eigenvalue weighted by molar-refractivity contribution is 6.35. The minimum Gasteiger partial charge on any atom is -0.497 e. The van der Waals surface area contributed by atoms with Crippen LogP contribution in [-0.2, 0) is 9.53 Å². The molecular formula is C16H13Cl2NO4. The summed E-state index contributed by atoms with van der Waals surface area (Å²) in [4.78, 5) is 23.7. The molecule has 0 saturated carbocycles. The van der Waals surface area contributed by atoms with Gasteiger partial charge in [-0.05, 0) is 30.3 Å². The van der Waals surface area contributed by atoms with E-state index in [0.29, 0.717) is 21.5 Å². The molecule has 2 aromatic rings. The molecule has 23 heavy (non-hydrogen) atoms. The van der Waals surface area contributed by atoms with Crippen molar-refractivity contribution in [2.45, 2.75) is 0 Å². The quantitative estimate of drug-likeness (QED) is 0.830. The molecule has 0 saturated heterocycles. The van der Waals surface area contributed by atoms with Crippen LogP contribution in [0.25, 0.3) is 0 Å². The Morgan fingerprint density at radius 2 is 1.78 bits per heavy atom. The molecule has 0 unspecified atom stereocenters.